The van der Waals surface area contributed by atoms with E-state index in [0.717, 1.165) is 5.56 Å². The second-order valence-electron chi connectivity index (χ2n) is 2.25. The highest BCUT2D eigenvalue weighted by atomic mass is 35.5. The molecule has 0 aliphatic carbocycles. The molecule has 0 radical (unpaired) electrons. The van der Waals surface area contributed by atoms with Gasteiger partial charge < -0.3 is 5.73 Å². The predicted octanol–water partition coefficient (Wildman–Crippen LogP) is 1.33. The van der Waals surface area contributed by atoms with E-state index in [1.165, 1.54) is 6.20 Å². The van der Waals surface area contributed by atoms with Crippen LogP contribution < -0.4 is 5.73 Å². The summed E-state index contributed by atoms with van der Waals surface area (Å²) in [6.07, 6.45) is 1.48. The second kappa shape index (κ2) is 2.88. The molecule has 0 amide bonds. The number of hydrogen-bond acceptors (Lipinski definition) is 2. The summed E-state index contributed by atoms with van der Waals surface area (Å²) < 4.78 is 0. The summed E-state index contributed by atoms with van der Waals surface area (Å²) in [4.78, 5) is 3.84. The first-order chi connectivity index (χ1) is 5.11. The monoisotopic (exact) mass is 169 g/mol. The second-order valence-corrected chi connectivity index (χ2v) is 2.60. The van der Waals surface area contributed by atoms with E-state index in [9.17, 15) is 0 Å². The highest BCUT2D eigenvalue weighted by Gasteiger charge is 1.99. The fourth-order valence-electron chi connectivity index (χ4n) is 0.705. The number of rotatable bonds is 1. The molecule has 3 N–H and O–H groups in total. The van der Waals surface area contributed by atoms with Crippen LogP contribution in [0.3, 0.4) is 0 Å². The third-order valence-electron chi connectivity index (χ3n) is 1.33. The van der Waals surface area contributed by atoms with Crippen molar-refractivity contribution >= 4 is 17.4 Å². The quantitative estimate of drug-likeness (QED) is 0.379. The van der Waals surface area contributed by atoms with E-state index in [1.807, 2.05) is 6.92 Å². The van der Waals surface area contributed by atoms with Crippen LogP contribution in [0.5, 0.6) is 0 Å². The van der Waals surface area contributed by atoms with Gasteiger partial charge in [-0.05, 0) is 18.6 Å². The molecule has 3 nitrogen and oxygen atoms in total. The van der Waals surface area contributed by atoms with Gasteiger partial charge in [-0.15, -0.1) is 0 Å². The average molecular weight is 170 g/mol. The van der Waals surface area contributed by atoms with Gasteiger partial charge in [0.2, 0.25) is 0 Å². The zero-order valence-electron chi connectivity index (χ0n) is 6.06. The number of nitrogens with zero attached hydrogens (tertiary/aromatic N) is 1. The van der Waals surface area contributed by atoms with E-state index in [2.05, 4.69) is 4.98 Å². The van der Waals surface area contributed by atoms with Gasteiger partial charge >= 0.3 is 0 Å². The van der Waals surface area contributed by atoms with Crippen LogP contribution in [0, 0.1) is 12.3 Å². The summed E-state index contributed by atoms with van der Waals surface area (Å²) in [7, 11) is 0. The lowest BCUT2D eigenvalue weighted by atomic mass is 10.2. The molecule has 0 aliphatic rings. The Balaban J connectivity index is 3.15. The molecule has 11 heavy (non-hydrogen) atoms. The molecule has 1 rings (SSSR count). The molecule has 0 bridgehead atoms. The molecular formula is C7H8ClN3. The Bertz CT molecular complexity index is 296. The minimum atomic E-state index is 0.0114. The van der Waals surface area contributed by atoms with Crippen LogP contribution in [0.15, 0.2) is 12.3 Å². The van der Waals surface area contributed by atoms with Crippen LogP contribution in [-0.2, 0) is 0 Å². The summed E-state index contributed by atoms with van der Waals surface area (Å²) in [5, 5.41) is 7.55. The molecule has 0 spiro atoms. The normalized spacial score (nSPS) is 9.64. The number of hydrogen-bond donors (Lipinski definition) is 2. The molecule has 0 aromatic carbocycles. The summed E-state index contributed by atoms with van der Waals surface area (Å²) >= 11 is 5.66. The minimum Gasteiger partial charge on any atom is -0.384 e. The Labute approximate surface area is 69.7 Å². The highest BCUT2D eigenvalue weighted by molar-refractivity contribution is 6.30. The molecule has 0 saturated carbocycles. The van der Waals surface area contributed by atoms with Gasteiger partial charge in [0, 0.05) is 11.8 Å². The number of nitrogens with one attached hydrogen (secondary N) is 1. The minimum absolute atomic E-state index is 0.0114. The molecule has 4 heteroatoms. The van der Waals surface area contributed by atoms with Crippen molar-refractivity contribution in [1.82, 2.24) is 4.98 Å². The van der Waals surface area contributed by atoms with Gasteiger partial charge in [-0.1, -0.05) is 11.6 Å². The van der Waals surface area contributed by atoms with Crippen molar-refractivity contribution in [2.75, 3.05) is 0 Å². The van der Waals surface area contributed by atoms with Crippen LogP contribution in [0.25, 0.3) is 0 Å². The van der Waals surface area contributed by atoms with Crippen LogP contribution in [-0.4, -0.2) is 10.8 Å². The van der Waals surface area contributed by atoms with E-state index >= 15 is 0 Å². The van der Waals surface area contributed by atoms with Crippen molar-refractivity contribution < 1.29 is 0 Å². The van der Waals surface area contributed by atoms with Gasteiger partial charge in [0.05, 0.1) is 0 Å². The van der Waals surface area contributed by atoms with Crippen LogP contribution in [0.4, 0.5) is 0 Å². The van der Waals surface area contributed by atoms with E-state index in [1.54, 1.807) is 6.07 Å². The first-order valence-corrected chi connectivity index (χ1v) is 3.45. The Morgan fingerprint density at radius 3 is 2.82 bits per heavy atom. The number of amidine groups is 1. The summed E-state index contributed by atoms with van der Waals surface area (Å²) in [5.74, 6) is 0.0114. The Morgan fingerprint density at radius 2 is 2.36 bits per heavy atom. The molecule has 1 aromatic heterocycles. The predicted molar refractivity (Wildman–Crippen MR) is 45.0 cm³/mol. The standard InChI is InChI=1S/C7H8ClN3/c1-4-2-5(7(9)10)3-11-6(4)8/h2-3H,1H3,(H3,9,10). The molecule has 0 atom stereocenters. The van der Waals surface area contributed by atoms with Crippen molar-refractivity contribution in [2.24, 2.45) is 5.73 Å². The molecule has 58 valence electrons. The van der Waals surface area contributed by atoms with E-state index < -0.39 is 0 Å². The zero-order chi connectivity index (χ0) is 8.43. The first-order valence-electron chi connectivity index (χ1n) is 3.08. The van der Waals surface area contributed by atoms with Crippen LogP contribution in [0.2, 0.25) is 5.15 Å². The maximum Gasteiger partial charge on any atom is 0.131 e. The van der Waals surface area contributed by atoms with Crippen LogP contribution >= 0.6 is 11.6 Å². The van der Waals surface area contributed by atoms with Gasteiger partial charge in [-0.2, -0.15) is 0 Å². The first kappa shape index (κ1) is 8.01. The van der Waals surface area contributed by atoms with Crippen molar-refractivity contribution in [1.29, 1.82) is 5.41 Å². The van der Waals surface area contributed by atoms with Crippen molar-refractivity contribution in [2.45, 2.75) is 6.92 Å². The number of aryl methyl sites for hydroxylation is 1. The fourth-order valence-corrected chi connectivity index (χ4v) is 0.809. The maximum atomic E-state index is 7.10. The lowest BCUT2D eigenvalue weighted by Gasteiger charge is -1.99. The lowest BCUT2D eigenvalue weighted by Crippen LogP contribution is -2.11. The van der Waals surface area contributed by atoms with E-state index in [-0.39, 0.29) is 5.84 Å². The van der Waals surface area contributed by atoms with Crippen LogP contribution in [0.1, 0.15) is 11.1 Å². The van der Waals surface area contributed by atoms with Crippen molar-refractivity contribution in [3.63, 3.8) is 0 Å². The number of halogens is 1. The largest absolute Gasteiger partial charge is 0.384 e. The van der Waals surface area contributed by atoms with E-state index in [0.29, 0.717) is 10.7 Å². The number of aromatic nitrogens is 1. The third-order valence-corrected chi connectivity index (χ3v) is 1.72. The Hall–Kier alpha value is -1.09. The molecule has 0 aliphatic heterocycles. The molecule has 1 heterocycles. The van der Waals surface area contributed by atoms with Crippen molar-refractivity contribution in [3.8, 4) is 0 Å². The molecule has 1 aromatic rings. The zero-order valence-corrected chi connectivity index (χ0v) is 6.81. The summed E-state index contributed by atoms with van der Waals surface area (Å²) in [6.45, 7) is 1.82. The topological polar surface area (TPSA) is 62.8 Å². The number of pyridine rings is 1. The van der Waals surface area contributed by atoms with Gasteiger partial charge in [0.25, 0.3) is 0 Å². The maximum absolute atomic E-state index is 7.10. The number of nitrogens with two attached hydrogens (primary N) is 1. The van der Waals surface area contributed by atoms with Gasteiger partial charge in [-0.3, -0.25) is 5.41 Å². The molecular weight excluding hydrogens is 162 g/mol. The van der Waals surface area contributed by atoms with Crippen molar-refractivity contribution in [3.05, 3.63) is 28.5 Å². The highest BCUT2D eigenvalue weighted by Crippen LogP contribution is 2.11. The Kier molecular flexibility index (Phi) is 2.10. The SMILES string of the molecule is Cc1cc(C(=N)N)cnc1Cl. The number of nitrogen functional groups attached to an aromatic ring is 1. The van der Waals surface area contributed by atoms with Gasteiger partial charge in [0.15, 0.2) is 0 Å². The molecule has 0 unspecified atom stereocenters. The average Bonchev–Trinajstić information content (AvgIpc) is 1.94. The smallest absolute Gasteiger partial charge is 0.131 e. The molecule has 0 saturated heterocycles. The fraction of sp³-hybridized carbons (Fsp3) is 0.143. The summed E-state index contributed by atoms with van der Waals surface area (Å²) in [6, 6.07) is 1.73. The molecule has 0 fully saturated rings. The Morgan fingerprint density at radius 1 is 1.73 bits per heavy atom. The lowest BCUT2D eigenvalue weighted by molar-refractivity contribution is 1.24. The van der Waals surface area contributed by atoms with Gasteiger partial charge in [-0.25, -0.2) is 4.98 Å². The summed E-state index contributed by atoms with van der Waals surface area (Å²) in [5.41, 5.74) is 6.67. The van der Waals surface area contributed by atoms with E-state index in [4.69, 9.17) is 22.7 Å². The third kappa shape index (κ3) is 1.68. The van der Waals surface area contributed by atoms with Gasteiger partial charge in [0.1, 0.15) is 11.0 Å².